The number of piperazine rings is 1. The van der Waals surface area contributed by atoms with Gasteiger partial charge in [-0.2, -0.15) is 0 Å². The fourth-order valence-corrected chi connectivity index (χ4v) is 2.92. The van der Waals surface area contributed by atoms with Crippen LogP contribution in [0.15, 0.2) is 42.6 Å². The Hall–Kier alpha value is -2.89. The molecule has 2 amide bonds. The first-order valence-corrected chi connectivity index (χ1v) is 8.24. The summed E-state index contributed by atoms with van der Waals surface area (Å²) in [7, 11) is 1.56. The fraction of sp³-hybridized carbons (Fsp3) is 0.316. The number of rotatable bonds is 3. The molecule has 1 aliphatic rings. The number of carbonyl (C=O) groups excluding carboxylic acids is 2. The first-order valence-electron chi connectivity index (χ1n) is 8.24. The van der Waals surface area contributed by atoms with Gasteiger partial charge < -0.3 is 14.5 Å². The van der Waals surface area contributed by atoms with Crippen LogP contribution in [0.4, 0.5) is 0 Å². The molecule has 130 valence electrons. The van der Waals surface area contributed by atoms with E-state index in [4.69, 9.17) is 4.74 Å². The van der Waals surface area contributed by atoms with Gasteiger partial charge in [-0.15, -0.1) is 0 Å². The average Bonchev–Trinajstić information content (AvgIpc) is 2.67. The number of hydrogen-bond donors (Lipinski definition) is 0. The molecule has 2 heterocycles. The molecule has 0 spiro atoms. The molecule has 25 heavy (non-hydrogen) atoms. The van der Waals surface area contributed by atoms with Crippen molar-refractivity contribution in [1.29, 1.82) is 0 Å². The van der Waals surface area contributed by atoms with Gasteiger partial charge in [-0.3, -0.25) is 14.6 Å². The molecule has 1 fully saturated rings. The van der Waals surface area contributed by atoms with E-state index in [-0.39, 0.29) is 11.8 Å². The molecule has 0 saturated carbocycles. The van der Waals surface area contributed by atoms with E-state index in [0.29, 0.717) is 43.2 Å². The second-order valence-electron chi connectivity index (χ2n) is 6.00. The predicted octanol–water partition coefficient (Wildman–Crippen LogP) is 2.00. The quantitative estimate of drug-likeness (QED) is 0.858. The Morgan fingerprint density at radius 2 is 1.68 bits per heavy atom. The first kappa shape index (κ1) is 17.0. The van der Waals surface area contributed by atoms with Crippen LogP contribution in [0.2, 0.25) is 0 Å². The maximum Gasteiger partial charge on any atom is 0.272 e. The fourth-order valence-electron chi connectivity index (χ4n) is 2.92. The van der Waals surface area contributed by atoms with Gasteiger partial charge >= 0.3 is 0 Å². The van der Waals surface area contributed by atoms with E-state index in [0.717, 1.165) is 5.56 Å². The Morgan fingerprint density at radius 3 is 2.28 bits per heavy atom. The van der Waals surface area contributed by atoms with Gasteiger partial charge in [-0.05, 0) is 31.2 Å². The van der Waals surface area contributed by atoms with E-state index in [1.54, 1.807) is 41.3 Å². The Kier molecular flexibility index (Phi) is 4.97. The van der Waals surface area contributed by atoms with Crippen molar-refractivity contribution in [3.63, 3.8) is 0 Å². The summed E-state index contributed by atoms with van der Waals surface area (Å²) >= 11 is 0. The van der Waals surface area contributed by atoms with Crippen molar-refractivity contribution < 1.29 is 14.3 Å². The summed E-state index contributed by atoms with van der Waals surface area (Å²) in [4.78, 5) is 32.8. The van der Waals surface area contributed by atoms with Crippen molar-refractivity contribution in [1.82, 2.24) is 14.8 Å². The normalized spacial score (nSPS) is 14.3. The maximum absolute atomic E-state index is 12.8. The number of aryl methyl sites for hydroxylation is 1. The molecule has 6 nitrogen and oxygen atoms in total. The minimum atomic E-state index is -0.0964. The van der Waals surface area contributed by atoms with Crippen LogP contribution in [0.5, 0.6) is 5.75 Å². The summed E-state index contributed by atoms with van der Waals surface area (Å²) in [5, 5.41) is 0. The lowest BCUT2D eigenvalue weighted by molar-refractivity contribution is 0.0530. The summed E-state index contributed by atoms with van der Waals surface area (Å²) in [6, 6.07) is 10.8. The summed E-state index contributed by atoms with van der Waals surface area (Å²) in [5.41, 5.74) is 2.00. The zero-order valence-electron chi connectivity index (χ0n) is 14.4. The molecule has 1 aromatic heterocycles. The Balaban J connectivity index is 1.67. The summed E-state index contributed by atoms with van der Waals surface area (Å²) in [6.07, 6.45) is 1.61. The molecule has 0 unspecified atom stereocenters. The molecule has 0 N–H and O–H groups in total. The van der Waals surface area contributed by atoms with Crippen LogP contribution in [-0.4, -0.2) is 59.9 Å². The molecule has 0 atom stereocenters. The predicted molar refractivity (Wildman–Crippen MR) is 93.8 cm³/mol. The van der Waals surface area contributed by atoms with Gasteiger partial charge in [-0.25, -0.2) is 0 Å². The van der Waals surface area contributed by atoms with Crippen LogP contribution in [0.25, 0.3) is 0 Å². The van der Waals surface area contributed by atoms with Gasteiger partial charge in [0.2, 0.25) is 0 Å². The lowest BCUT2D eigenvalue weighted by Gasteiger charge is -2.34. The van der Waals surface area contributed by atoms with Crippen LogP contribution < -0.4 is 4.74 Å². The first-order chi connectivity index (χ1) is 12.1. The zero-order valence-corrected chi connectivity index (χ0v) is 14.4. The largest absolute Gasteiger partial charge is 0.496 e. The van der Waals surface area contributed by atoms with Crippen molar-refractivity contribution in [3.05, 3.63) is 59.4 Å². The number of amides is 2. The number of benzene rings is 1. The zero-order chi connectivity index (χ0) is 17.8. The van der Waals surface area contributed by atoms with Crippen molar-refractivity contribution in [2.24, 2.45) is 0 Å². The summed E-state index contributed by atoms with van der Waals surface area (Å²) in [5.74, 6) is 0.411. The lowest BCUT2D eigenvalue weighted by Crippen LogP contribution is -2.50. The Bertz CT molecular complexity index is 769. The molecule has 0 aliphatic carbocycles. The van der Waals surface area contributed by atoms with Crippen LogP contribution in [0.1, 0.15) is 26.4 Å². The number of aromatic nitrogens is 1. The highest BCUT2D eigenvalue weighted by atomic mass is 16.5. The second kappa shape index (κ2) is 7.34. The smallest absolute Gasteiger partial charge is 0.272 e. The number of carbonyl (C=O) groups is 2. The van der Waals surface area contributed by atoms with E-state index in [1.807, 2.05) is 25.1 Å². The topological polar surface area (TPSA) is 62.7 Å². The standard InChI is InChI=1S/C19H21N3O3/c1-14-6-7-17(25-2)15(13-14)18(23)21-9-11-22(12-10-21)19(24)16-5-3-4-8-20-16/h3-8,13H,9-12H2,1-2H3. The van der Waals surface area contributed by atoms with E-state index in [1.165, 1.54) is 0 Å². The van der Waals surface area contributed by atoms with Gasteiger partial charge in [0, 0.05) is 32.4 Å². The van der Waals surface area contributed by atoms with Crippen LogP contribution in [-0.2, 0) is 0 Å². The molecular formula is C19H21N3O3. The molecule has 0 radical (unpaired) electrons. The number of pyridine rings is 1. The Labute approximate surface area is 147 Å². The van der Waals surface area contributed by atoms with E-state index >= 15 is 0 Å². The molecular weight excluding hydrogens is 318 g/mol. The molecule has 2 aromatic rings. The molecule has 6 heteroatoms. The van der Waals surface area contributed by atoms with Gasteiger partial charge in [0.05, 0.1) is 12.7 Å². The lowest BCUT2D eigenvalue weighted by atomic mass is 10.1. The minimum Gasteiger partial charge on any atom is -0.496 e. The number of nitrogens with zero attached hydrogens (tertiary/aromatic N) is 3. The third-order valence-corrected chi connectivity index (χ3v) is 4.32. The van der Waals surface area contributed by atoms with Crippen molar-refractivity contribution in [2.45, 2.75) is 6.92 Å². The third kappa shape index (κ3) is 3.63. The second-order valence-corrected chi connectivity index (χ2v) is 6.00. The van der Waals surface area contributed by atoms with Gasteiger partial charge in [0.1, 0.15) is 11.4 Å². The molecule has 1 aromatic carbocycles. The van der Waals surface area contributed by atoms with Crippen molar-refractivity contribution >= 4 is 11.8 Å². The SMILES string of the molecule is COc1ccc(C)cc1C(=O)N1CCN(C(=O)c2ccccn2)CC1. The highest BCUT2D eigenvalue weighted by molar-refractivity contribution is 5.97. The van der Waals surface area contributed by atoms with E-state index in [9.17, 15) is 9.59 Å². The van der Waals surface area contributed by atoms with Crippen LogP contribution >= 0.6 is 0 Å². The van der Waals surface area contributed by atoms with Crippen molar-refractivity contribution in [2.75, 3.05) is 33.3 Å². The molecule has 3 rings (SSSR count). The third-order valence-electron chi connectivity index (χ3n) is 4.32. The van der Waals surface area contributed by atoms with Crippen molar-refractivity contribution in [3.8, 4) is 5.75 Å². The molecule has 0 bridgehead atoms. The molecule has 1 saturated heterocycles. The van der Waals surface area contributed by atoms with E-state index < -0.39 is 0 Å². The van der Waals surface area contributed by atoms with Gasteiger partial charge in [0.15, 0.2) is 0 Å². The van der Waals surface area contributed by atoms with Gasteiger partial charge in [0.25, 0.3) is 11.8 Å². The monoisotopic (exact) mass is 339 g/mol. The van der Waals surface area contributed by atoms with Crippen LogP contribution in [0, 0.1) is 6.92 Å². The molecule has 1 aliphatic heterocycles. The van der Waals surface area contributed by atoms with E-state index in [2.05, 4.69) is 4.98 Å². The maximum atomic E-state index is 12.8. The average molecular weight is 339 g/mol. The highest BCUT2D eigenvalue weighted by Gasteiger charge is 2.27. The summed E-state index contributed by atoms with van der Waals surface area (Å²) in [6.45, 7) is 3.92. The van der Waals surface area contributed by atoms with Crippen LogP contribution in [0.3, 0.4) is 0 Å². The number of hydrogen-bond acceptors (Lipinski definition) is 4. The number of methoxy groups -OCH3 is 1. The number of ether oxygens (including phenoxy) is 1. The summed E-state index contributed by atoms with van der Waals surface area (Å²) < 4.78 is 5.31. The minimum absolute atomic E-state index is 0.0644. The highest BCUT2D eigenvalue weighted by Crippen LogP contribution is 2.22. The van der Waals surface area contributed by atoms with Gasteiger partial charge in [-0.1, -0.05) is 17.7 Å². The Morgan fingerprint density at radius 1 is 1.00 bits per heavy atom.